The number of nitrogens with zero attached hydrogens (tertiary/aromatic N) is 4. The van der Waals surface area contributed by atoms with Gasteiger partial charge in [0.1, 0.15) is 0 Å². The summed E-state index contributed by atoms with van der Waals surface area (Å²) in [6.45, 7) is 8.31. The molecular weight excluding hydrogens is 164 g/mol. The maximum atomic E-state index is 4.09. The average molecular weight is 181 g/mol. The van der Waals surface area contributed by atoms with E-state index in [1.54, 1.807) is 0 Å². The van der Waals surface area contributed by atoms with Crippen LogP contribution in [0.3, 0.4) is 0 Å². The van der Waals surface area contributed by atoms with Gasteiger partial charge in [0.2, 0.25) is 0 Å². The van der Waals surface area contributed by atoms with E-state index in [1.165, 1.54) is 12.8 Å². The highest BCUT2D eigenvalue weighted by molar-refractivity contribution is 4.92. The van der Waals surface area contributed by atoms with E-state index in [1.807, 2.05) is 6.92 Å². The molecule has 0 aromatic heterocycles. The van der Waals surface area contributed by atoms with Crippen molar-refractivity contribution in [1.29, 1.82) is 0 Å². The van der Waals surface area contributed by atoms with Crippen LogP contribution in [0.1, 0.15) is 39.5 Å². The molecule has 4 heteroatoms. The second-order valence-electron chi connectivity index (χ2n) is 3.45. The van der Waals surface area contributed by atoms with Crippen LogP contribution >= 0.6 is 0 Å². The zero-order valence-electron chi connectivity index (χ0n) is 8.40. The molecule has 0 aliphatic carbocycles. The van der Waals surface area contributed by atoms with E-state index in [0.29, 0.717) is 0 Å². The van der Waals surface area contributed by atoms with Crippen LogP contribution in [0, 0.1) is 12.8 Å². The van der Waals surface area contributed by atoms with Crippen LogP contribution in [-0.4, -0.2) is 5.66 Å². The SMILES string of the molecule is [CH2]C(CCCC)C1(CC)N=NN=N1. The number of rotatable bonds is 5. The summed E-state index contributed by atoms with van der Waals surface area (Å²) in [6, 6.07) is 0. The summed E-state index contributed by atoms with van der Waals surface area (Å²) >= 11 is 0. The molecule has 0 fully saturated rings. The van der Waals surface area contributed by atoms with E-state index >= 15 is 0 Å². The Labute approximate surface area is 79.5 Å². The van der Waals surface area contributed by atoms with E-state index in [2.05, 4.69) is 34.5 Å². The monoisotopic (exact) mass is 181 g/mol. The second kappa shape index (κ2) is 4.44. The molecule has 1 unspecified atom stereocenters. The lowest BCUT2D eigenvalue weighted by Crippen LogP contribution is -2.29. The largest absolute Gasteiger partial charge is 0.197 e. The minimum absolute atomic E-state index is 0.201. The predicted octanol–water partition coefficient (Wildman–Crippen LogP) is 3.57. The minimum Gasteiger partial charge on any atom is -0.134 e. The number of hydrogen-bond donors (Lipinski definition) is 0. The summed E-state index contributed by atoms with van der Waals surface area (Å²) in [5, 5.41) is 15.3. The Morgan fingerprint density at radius 2 is 1.85 bits per heavy atom. The van der Waals surface area contributed by atoms with Crippen LogP contribution in [0.4, 0.5) is 0 Å². The van der Waals surface area contributed by atoms with Crippen molar-refractivity contribution in [2.24, 2.45) is 26.6 Å². The van der Waals surface area contributed by atoms with Crippen LogP contribution in [0.25, 0.3) is 0 Å². The lowest BCUT2D eigenvalue weighted by atomic mass is 9.89. The van der Waals surface area contributed by atoms with Gasteiger partial charge < -0.3 is 0 Å². The lowest BCUT2D eigenvalue weighted by Gasteiger charge is -2.24. The third-order valence-electron chi connectivity index (χ3n) is 2.56. The van der Waals surface area contributed by atoms with Gasteiger partial charge in [-0.15, -0.1) is 10.2 Å². The first-order chi connectivity index (χ1) is 6.25. The molecule has 0 aromatic carbocycles. The summed E-state index contributed by atoms with van der Waals surface area (Å²) in [5.74, 6) is 0.201. The van der Waals surface area contributed by atoms with Crippen LogP contribution < -0.4 is 0 Å². The molecule has 0 bridgehead atoms. The van der Waals surface area contributed by atoms with Crippen molar-refractivity contribution in [3.05, 3.63) is 6.92 Å². The van der Waals surface area contributed by atoms with Crippen molar-refractivity contribution in [2.45, 2.75) is 45.2 Å². The zero-order chi connectivity index (χ0) is 9.73. The topological polar surface area (TPSA) is 49.4 Å². The highest BCUT2D eigenvalue weighted by atomic mass is 15.6. The van der Waals surface area contributed by atoms with Crippen molar-refractivity contribution in [2.75, 3.05) is 0 Å². The van der Waals surface area contributed by atoms with Crippen molar-refractivity contribution >= 4 is 0 Å². The first-order valence-corrected chi connectivity index (χ1v) is 4.92. The van der Waals surface area contributed by atoms with E-state index in [4.69, 9.17) is 0 Å². The Morgan fingerprint density at radius 1 is 1.23 bits per heavy atom. The molecule has 1 heterocycles. The molecule has 1 aliphatic rings. The molecule has 1 aliphatic heterocycles. The highest BCUT2D eigenvalue weighted by Gasteiger charge is 2.36. The van der Waals surface area contributed by atoms with Gasteiger partial charge in [-0.1, -0.05) is 26.7 Å². The summed E-state index contributed by atoms with van der Waals surface area (Å²) in [4.78, 5) is 0. The third kappa shape index (κ3) is 2.11. The fraction of sp³-hybridized carbons (Fsp3) is 0.889. The van der Waals surface area contributed by atoms with Gasteiger partial charge in [0.25, 0.3) is 0 Å². The van der Waals surface area contributed by atoms with Gasteiger partial charge in [0.05, 0.1) is 0 Å². The molecule has 4 nitrogen and oxygen atoms in total. The smallest absolute Gasteiger partial charge is 0.134 e. The standard InChI is InChI=1S/C9H17N4/c1-4-6-7-8(3)9(5-2)10-12-13-11-9/h8H,3-7H2,1-2H3. The molecule has 0 aromatic rings. The Bertz CT molecular complexity index is 198. The lowest BCUT2D eigenvalue weighted by molar-refractivity contribution is 0.296. The van der Waals surface area contributed by atoms with E-state index in [9.17, 15) is 0 Å². The van der Waals surface area contributed by atoms with Crippen molar-refractivity contribution in [1.82, 2.24) is 0 Å². The van der Waals surface area contributed by atoms with E-state index in [-0.39, 0.29) is 5.92 Å². The fourth-order valence-electron chi connectivity index (χ4n) is 1.49. The Balaban J connectivity index is 2.56. The third-order valence-corrected chi connectivity index (χ3v) is 2.56. The van der Waals surface area contributed by atoms with Crippen LogP contribution in [0.15, 0.2) is 20.7 Å². The normalized spacial score (nSPS) is 20.8. The second-order valence-corrected chi connectivity index (χ2v) is 3.45. The molecule has 0 saturated carbocycles. The summed E-state index contributed by atoms with van der Waals surface area (Å²) in [5.41, 5.74) is -0.449. The number of unbranched alkanes of at least 4 members (excludes halogenated alkanes) is 1. The Hall–Kier alpha value is -0.800. The van der Waals surface area contributed by atoms with Crippen LogP contribution in [0.5, 0.6) is 0 Å². The van der Waals surface area contributed by atoms with Crippen molar-refractivity contribution in [3.63, 3.8) is 0 Å². The fourth-order valence-corrected chi connectivity index (χ4v) is 1.49. The molecule has 0 amide bonds. The molecule has 13 heavy (non-hydrogen) atoms. The zero-order valence-corrected chi connectivity index (χ0v) is 8.40. The molecule has 1 rings (SSSR count). The maximum absolute atomic E-state index is 4.09. The van der Waals surface area contributed by atoms with Crippen molar-refractivity contribution < 1.29 is 0 Å². The molecule has 0 saturated heterocycles. The first kappa shape index (κ1) is 10.3. The maximum Gasteiger partial charge on any atom is 0.197 e. The van der Waals surface area contributed by atoms with Gasteiger partial charge in [-0.05, 0) is 30.2 Å². The van der Waals surface area contributed by atoms with Gasteiger partial charge in [-0.3, -0.25) is 0 Å². The van der Waals surface area contributed by atoms with Gasteiger partial charge in [0, 0.05) is 5.92 Å². The number of hydrogen-bond acceptors (Lipinski definition) is 4. The summed E-state index contributed by atoms with van der Waals surface area (Å²) in [7, 11) is 0. The quantitative estimate of drug-likeness (QED) is 0.622. The van der Waals surface area contributed by atoms with Gasteiger partial charge in [0.15, 0.2) is 5.66 Å². The van der Waals surface area contributed by atoms with Crippen LogP contribution in [-0.2, 0) is 0 Å². The molecule has 73 valence electrons. The van der Waals surface area contributed by atoms with Crippen molar-refractivity contribution in [3.8, 4) is 0 Å². The van der Waals surface area contributed by atoms with Crippen LogP contribution in [0.2, 0.25) is 0 Å². The molecule has 1 radical (unpaired) electrons. The first-order valence-electron chi connectivity index (χ1n) is 4.92. The molecule has 0 spiro atoms. The van der Waals surface area contributed by atoms with E-state index < -0.39 is 5.66 Å². The van der Waals surface area contributed by atoms with E-state index in [0.717, 1.165) is 12.8 Å². The van der Waals surface area contributed by atoms with Gasteiger partial charge in [-0.25, -0.2) is 0 Å². The Kier molecular flexibility index (Phi) is 3.51. The molecule has 0 N–H and O–H groups in total. The minimum atomic E-state index is -0.449. The average Bonchev–Trinajstić information content (AvgIpc) is 2.63. The van der Waals surface area contributed by atoms with Gasteiger partial charge in [-0.2, -0.15) is 0 Å². The Morgan fingerprint density at radius 3 is 2.31 bits per heavy atom. The molecular formula is C9H17N4. The molecule has 1 atom stereocenters. The highest BCUT2D eigenvalue weighted by Crippen LogP contribution is 2.34. The summed E-state index contributed by atoms with van der Waals surface area (Å²) < 4.78 is 0. The van der Waals surface area contributed by atoms with Gasteiger partial charge >= 0.3 is 0 Å². The predicted molar refractivity (Wildman–Crippen MR) is 51.1 cm³/mol. The summed E-state index contributed by atoms with van der Waals surface area (Å²) in [6.07, 6.45) is 4.22.